The number of para-hydroxylation sites is 1. The van der Waals surface area contributed by atoms with Crippen LogP contribution in [0.4, 0.5) is 5.69 Å². The van der Waals surface area contributed by atoms with Gasteiger partial charge in [-0.25, -0.2) is 4.98 Å². The monoisotopic (exact) mass is 416 g/mol. The highest BCUT2D eigenvalue weighted by molar-refractivity contribution is 9.11. The number of rotatable bonds is 3. The van der Waals surface area contributed by atoms with Gasteiger partial charge < -0.3 is 10.4 Å². The third-order valence-corrected chi connectivity index (χ3v) is 4.60. The van der Waals surface area contributed by atoms with Gasteiger partial charge in [0.1, 0.15) is 13.4 Å². The summed E-state index contributed by atoms with van der Waals surface area (Å²) in [5.74, 6) is 0.138. The van der Waals surface area contributed by atoms with E-state index in [4.69, 9.17) is 7.85 Å². The van der Waals surface area contributed by atoms with Crippen LogP contribution in [0.25, 0.3) is 10.9 Å². The van der Waals surface area contributed by atoms with E-state index in [0.29, 0.717) is 22.0 Å². The van der Waals surface area contributed by atoms with Gasteiger partial charge in [-0.1, -0.05) is 39.6 Å². The summed E-state index contributed by atoms with van der Waals surface area (Å²) in [4.78, 5) is 4.53. The summed E-state index contributed by atoms with van der Waals surface area (Å²) in [7, 11) is 5.90. The lowest BCUT2D eigenvalue weighted by atomic mass is 9.94. The molecule has 0 bridgehead atoms. The second kappa shape index (κ2) is 6.30. The van der Waals surface area contributed by atoms with E-state index < -0.39 is 0 Å². The van der Waals surface area contributed by atoms with Crippen LogP contribution in [0.2, 0.25) is 0 Å². The van der Waals surface area contributed by atoms with Crippen LogP contribution < -0.4 is 10.8 Å². The number of benzene rings is 2. The first-order valence-electron chi connectivity index (χ1n) is 6.61. The standard InChI is InChI=1S/C16H11BBr2N2O/c17-11-3-1-2-4-14(11)20-8-9-5-6-10-12(18)7-13(19)16(22)15(10)21-9/h1-7,20,22H,8H2. The quantitative estimate of drug-likeness (QED) is 0.636. The molecule has 3 nitrogen and oxygen atoms in total. The molecule has 3 aromatic rings. The molecule has 3 rings (SSSR count). The summed E-state index contributed by atoms with van der Waals surface area (Å²) in [5, 5.41) is 14.3. The zero-order valence-electron chi connectivity index (χ0n) is 11.5. The molecule has 6 heteroatoms. The number of nitrogens with zero attached hydrogens (tertiary/aromatic N) is 1. The fourth-order valence-electron chi connectivity index (χ4n) is 2.19. The highest BCUT2D eigenvalue weighted by Crippen LogP contribution is 2.36. The van der Waals surface area contributed by atoms with Crippen molar-refractivity contribution in [2.45, 2.75) is 6.54 Å². The Balaban J connectivity index is 1.92. The maximum atomic E-state index is 10.2. The summed E-state index contributed by atoms with van der Waals surface area (Å²) in [6.45, 7) is 0.522. The summed E-state index contributed by atoms with van der Waals surface area (Å²) < 4.78 is 1.49. The number of aromatic nitrogens is 1. The number of pyridine rings is 1. The molecule has 108 valence electrons. The van der Waals surface area contributed by atoms with Crippen LogP contribution in [-0.2, 0) is 6.54 Å². The molecule has 0 aliphatic heterocycles. The Labute approximate surface area is 146 Å². The molecule has 0 fully saturated rings. The van der Waals surface area contributed by atoms with E-state index in [9.17, 15) is 5.11 Å². The second-order valence-corrected chi connectivity index (χ2v) is 6.54. The molecule has 0 spiro atoms. The maximum Gasteiger partial charge on any atom is 0.156 e. The van der Waals surface area contributed by atoms with Crippen molar-refractivity contribution >= 4 is 61.8 Å². The summed E-state index contributed by atoms with van der Waals surface area (Å²) in [6, 6.07) is 13.2. The van der Waals surface area contributed by atoms with Crippen LogP contribution >= 0.6 is 31.9 Å². The minimum atomic E-state index is 0.138. The van der Waals surface area contributed by atoms with Crippen LogP contribution in [0.5, 0.6) is 5.75 Å². The van der Waals surface area contributed by atoms with Crippen molar-refractivity contribution in [1.82, 2.24) is 4.98 Å². The topological polar surface area (TPSA) is 45.1 Å². The van der Waals surface area contributed by atoms with E-state index in [1.54, 1.807) is 0 Å². The first kappa shape index (κ1) is 15.4. The lowest BCUT2D eigenvalue weighted by Crippen LogP contribution is -2.12. The fraction of sp³-hybridized carbons (Fsp3) is 0.0625. The average Bonchev–Trinajstić information content (AvgIpc) is 2.52. The summed E-state index contributed by atoms with van der Waals surface area (Å²) in [5.41, 5.74) is 2.93. The van der Waals surface area contributed by atoms with Crippen LogP contribution in [0, 0.1) is 0 Å². The number of nitrogens with one attached hydrogen (secondary N) is 1. The van der Waals surface area contributed by atoms with Gasteiger partial charge in [-0.2, -0.15) is 0 Å². The molecule has 0 unspecified atom stereocenters. The Bertz CT molecular complexity index is 855. The SMILES string of the molecule is [B]c1ccccc1NCc1ccc2c(Br)cc(Br)c(O)c2n1. The largest absolute Gasteiger partial charge is 0.505 e. The molecule has 0 atom stereocenters. The van der Waals surface area contributed by atoms with Gasteiger partial charge in [-0.15, -0.1) is 0 Å². The molecule has 0 saturated heterocycles. The second-order valence-electron chi connectivity index (χ2n) is 4.83. The summed E-state index contributed by atoms with van der Waals surface area (Å²) in [6.07, 6.45) is 0. The number of hydrogen-bond acceptors (Lipinski definition) is 3. The number of aromatic hydroxyl groups is 1. The van der Waals surface area contributed by atoms with Gasteiger partial charge in [0.05, 0.1) is 16.7 Å². The Morgan fingerprint density at radius 1 is 1.09 bits per heavy atom. The van der Waals surface area contributed by atoms with Crippen LogP contribution in [0.3, 0.4) is 0 Å². The minimum Gasteiger partial charge on any atom is -0.505 e. The number of halogens is 2. The van der Waals surface area contributed by atoms with E-state index in [-0.39, 0.29) is 5.75 Å². The molecular weight excluding hydrogens is 407 g/mol. The van der Waals surface area contributed by atoms with Gasteiger partial charge in [0.25, 0.3) is 0 Å². The van der Waals surface area contributed by atoms with Crippen molar-refractivity contribution in [1.29, 1.82) is 0 Å². The zero-order chi connectivity index (χ0) is 15.7. The predicted octanol–water partition coefficient (Wildman–Crippen LogP) is 3.87. The van der Waals surface area contributed by atoms with Crippen LogP contribution in [-0.4, -0.2) is 17.9 Å². The molecule has 2 aromatic carbocycles. The van der Waals surface area contributed by atoms with E-state index in [1.807, 2.05) is 42.5 Å². The third-order valence-electron chi connectivity index (χ3n) is 3.33. The highest BCUT2D eigenvalue weighted by atomic mass is 79.9. The normalized spacial score (nSPS) is 10.8. The lowest BCUT2D eigenvalue weighted by molar-refractivity contribution is 0.477. The van der Waals surface area contributed by atoms with Crippen LogP contribution in [0.1, 0.15) is 5.69 Å². The van der Waals surface area contributed by atoms with Gasteiger partial charge in [0.2, 0.25) is 0 Å². The molecule has 2 N–H and O–H groups in total. The molecular formula is C16H11BBr2N2O. The van der Waals surface area contributed by atoms with Gasteiger partial charge >= 0.3 is 0 Å². The third kappa shape index (κ3) is 2.98. The van der Waals surface area contributed by atoms with E-state index in [2.05, 4.69) is 42.2 Å². The van der Waals surface area contributed by atoms with Gasteiger partial charge in [0, 0.05) is 15.5 Å². The number of phenols is 1. The molecule has 22 heavy (non-hydrogen) atoms. The molecule has 0 aliphatic carbocycles. The Morgan fingerprint density at radius 3 is 2.64 bits per heavy atom. The Kier molecular flexibility index (Phi) is 4.40. The van der Waals surface area contributed by atoms with Crippen molar-refractivity contribution in [3.63, 3.8) is 0 Å². The molecule has 1 aromatic heterocycles. The summed E-state index contributed by atoms with van der Waals surface area (Å²) >= 11 is 6.80. The molecule has 0 aliphatic rings. The minimum absolute atomic E-state index is 0.138. The number of phenolic OH excluding ortho intramolecular Hbond substituents is 1. The molecule has 0 saturated carbocycles. The maximum absolute atomic E-state index is 10.2. The first-order valence-corrected chi connectivity index (χ1v) is 8.20. The Hall–Kier alpha value is -1.53. The first-order chi connectivity index (χ1) is 10.6. The van der Waals surface area contributed by atoms with Crippen molar-refractivity contribution in [3.05, 3.63) is 57.1 Å². The van der Waals surface area contributed by atoms with Crippen molar-refractivity contribution in [3.8, 4) is 5.75 Å². The zero-order valence-corrected chi connectivity index (χ0v) is 14.6. The van der Waals surface area contributed by atoms with E-state index in [1.165, 1.54) is 0 Å². The Morgan fingerprint density at radius 2 is 1.86 bits per heavy atom. The fourth-order valence-corrected chi connectivity index (χ4v) is 3.46. The van der Waals surface area contributed by atoms with Crippen molar-refractivity contribution < 1.29 is 5.11 Å². The van der Waals surface area contributed by atoms with Gasteiger partial charge in [0.15, 0.2) is 5.75 Å². The number of fused-ring (bicyclic) bond motifs is 1. The highest BCUT2D eigenvalue weighted by Gasteiger charge is 2.10. The molecule has 1 heterocycles. The smallest absolute Gasteiger partial charge is 0.156 e. The molecule has 2 radical (unpaired) electrons. The van der Waals surface area contributed by atoms with Gasteiger partial charge in [-0.3, -0.25) is 0 Å². The predicted molar refractivity (Wildman–Crippen MR) is 98.0 cm³/mol. The number of hydrogen-bond donors (Lipinski definition) is 2. The van der Waals surface area contributed by atoms with E-state index >= 15 is 0 Å². The van der Waals surface area contributed by atoms with Crippen LogP contribution in [0.15, 0.2) is 51.4 Å². The molecule has 0 amide bonds. The van der Waals surface area contributed by atoms with Crippen molar-refractivity contribution in [2.75, 3.05) is 5.32 Å². The van der Waals surface area contributed by atoms with E-state index in [0.717, 1.165) is 21.2 Å². The van der Waals surface area contributed by atoms with Gasteiger partial charge in [-0.05, 0) is 40.2 Å². The number of anilines is 1. The van der Waals surface area contributed by atoms with Crippen molar-refractivity contribution in [2.24, 2.45) is 0 Å². The lowest BCUT2D eigenvalue weighted by Gasteiger charge is -2.11. The average molecular weight is 418 g/mol.